The SMILES string of the molecule is CCCCC(NC(=O)C1(NC(=O)NCC)CCCC1)C(=O)O. The van der Waals surface area contributed by atoms with Crippen LogP contribution in [0.15, 0.2) is 0 Å². The van der Waals surface area contributed by atoms with Gasteiger partial charge in [0.25, 0.3) is 0 Å². The van der Waals surface area contributed by atoms with Crippen LogP contribution in [-0.2, 0) is 9.59 Å². The Morgan fingerprint density at radius 1 is 1.18 bits per heavy atom. The predicted octanol–water partition coefficient (Wildman–Crippen LogP) is 1.38. The maximum Gasteiger partial charge on any atom is 0.326 e. The highest BCUT2D eigenvalue weighted by Gasteiger charge is 2.43. The largest absolute Gasteiger partial charge is 0.480 e. The average Bonchev–Trinajstić information content (AvgIpc) is 2.92. The number of rotatable bonds is 8. The van der Waals surface area contributed by atoms with E-state index < -0.39 is 17.6 Å². The second-order valence-corrected chi connectivity index (χ2v) is 5.78. The zero-order chi connectivity index (χ0) is 16.6. The topological polar surface area (TPSA) is 108 Å². The molecule has 4 N–H and O–H groups in total. The molecule has 0 radical (unpaired) electrons. The van der Waals surface area contributed by atoms with Gasteiger partial charge in [-0.2, -0.15) is 0 Å². The summed E-state index contributed by atoms with van der Waals surface area (Å²) >= 11 is 0. The molecule has 0 aliphatic heterocycles. The molecule has 0 aromatic rings. The minimum absolute atomic E-state index is 0.389. The number of carbonyl (C=O) groups is 3. The van der Waals surface area contributed by atoms with Gasteiger partial charge in [-0.3, -0.25) is 4.79 Å². The van der Waals surface area contributed by atoms with Crippen molar-refractivity contribution in [2.24, 2.45) is 0 Å². The van der Waals surface area contributed by atoms with Crippen LogP contribution in [0.4, 0.5) is 4.79 Å². The summed E-state index contributed by atoms with van der Waals surface area (Å²) in [6.07, 6.45) is 4.75. The van der Waals surface area contributed by atoms with Crippen LogP contribution in [-0.4, -0.2) is 41.1 Å². The van der Waals surface area contributed by atoms with Crippen LogP contribution in [0.2, 0.25) is 0 Å². The lowest BCUT2D eigenvalue weighted by Crippen LogP contribution is -2.61. The van der Waals surface area contributed by atoms with Gasteiger partial charge in [-0.25, -0.2) is 9.59 Å². The number of aliphatic carboxylic acids is 1. The van der Waals surface area contributed by atoms with Crippen molar-refractivity contribution >= 4 is 17.9 Å². The van der Waals surface area contributed by atoms with Gasteiger partial charge < -0.3 is 21.1 Å². The van der Waals surface area contributed by atoms with Crippen molar-refractivity contribution < 1.29 is 19.5 Å². The minimum Gasteiger partial charge on any atom is -0.480 e. The number of unbranched alkanes of at least 4 members (excludes halogenated alkanes) is 1. The summed E-state index contributed by atoms with van der Waals surface area (Å²) in [5.41, 5.74) is -0.987. The molecule has 0 aromatic carbocycles. The number of urea groups is 1. The van der Waals surface area contributed by atoms with Crippen LogP contribution in [0, 0.1) is 0 Å². The van der Waals surface area contributed by atoms with Crippen molar-refractivity contribution in [3.63, 3.8) is 0 Å². The third-order valence-electron chi connectivity index (χ3n) is 4.03. The molecule has 1 fully saturated rings. The Morgan fingerprint density at radius 3 is 2.32 bits per heavy atom. The summed E-state index contributed by atoms with van der Waals surface area (Å²) in [7, 11) is 0. The number of nitrogens with one attached hydrogen (secondary N) is 3. The van der Waals surface area contributed by atoms with Crippen molar-refractivity contribution in [3.8, 4) is 0 Å². The lowest BCUT2D eigenvalue weighted by Gasteiger charge is -2.30. The molecule has 7 heteroatoms. The molecular weight excluding hydrogens is 286 g/mol. The molecule has 7 nitrogen and oxygen atoms in total. The van der Waals surface area contributed by atoms with E-state index in [0.29, 0.717) is 25.8 Å². The Balaban J connectivity index is 2.75. The van der Waals surface area contributed by atoms with Crippen LogP contribution >= 0.6 is 0 Å². The fourth-order valence-corrected chi connectivity index (χ4v) is 2.77. The van der Waals surface area contributed by atoms with Crippen LogP contribution in [0.3, 0.4) is 0 Å². The quantitative estimate of drug-likeness (QED) is 0.543. The maximum atomic E-state index is 12.6. The van der Waals surface area contributed by atoms with E-state index >= 15 is 0 Å². The molecule has 1 unspecified atom stereocenters. The van der Waals surface area contributed by atoms with Crippen molar-refractivity contribution in [1.82, 2.24) is 16.0 Å². The van der Waals surface area contributed by atoms with Crippen molar-refractivity contribution in [2.45, 2.75) is 70.4 Å². The zero-order valence-corrected chi connectivity index (χ0v) is 13.4. The molecule has 1 atom stereocenters. The van der Waals surface area contributed by atoms with Gasteiger partial charge in [0.15, 0.2) is 0 Å². The van der Waals surface area contributed by atoms with E-state index in [1.165, 1.54) is 0 Å². The summed E-state index contributed by atoms with van der Waals surface area (Å²) in [6, 6.07) is -1.29. The first-order valence-corrected chi connectivity index (χ1v) is 8.05. The third-order valence-corrected chi connectivity index (χ3v) is 4.03. The molecule has 126 valence electrons. The molecule has 0 aromatic heterocycles. The highest BCUT2D eigenvalue weighted by atomic mass is 16.4. The van der Waals surface area contributed by atoms with Gasteiger partial charge in [-0.1, -0.05) is 32.6 Å². The fraction of sp³-hybridized carbons (Fsp3) is 0.800. The Hall–Kier alpha value is -1.79. The van der Waals surface area contributed by atoms with Crippen molar-refractivity contribution in [2.75, 3.05) is 6.54 Å². The molecule has 3 amide bonds. The predicted molar refractivity (Wildman–Crippen MR) is 82.5 cm³/mol. The van der Waals surface area contributed by atoms with E-state index in [1.54, 1.807) is 6.92 Å². The first-order valence-electron chi connectivity index (χ1n) is 8.05. The summed E-state index contributed by atoms with van der Waals surface area (Å²) in [6.45, 7) is 4.24. The average molecular weight is 313 g/mol. The molecule has 0 bridgehead atoms. The summed E-state index contributed by atoms with van der Waals surface area (Å²) in [4.78, 5) is 35.6. The Morgan fingerprint density at radius 2 is 1.82 bits per heavy atom. The molecule has 1 saturated carbocycles. The number of carboxylic acid groups (broad SMARTS) is 1. The molecule has 1 rings (SSSR count). The fourth-order valence-electron chi connectivity index (χ4n) is 2.77. The monoisotopic (exact) mass is 313 g/mol. The number of carboxylic acids is 1. The first-order chi connectivity index (χ1) is 10.4. The minimum atomic E-state index is -1.03. The smallest absolute Gasteiger partial charge is 0.326 e. The van der Waals surface area contributed by atoms with Crippen LogP contribution < -0.4 is 16.0 Å². The molecule has 0 heterocycles. The lowest BCUT2D eigenvalue weighted by molar-refractivity contribution is -0.143. The van der Waals surface area contributed by atoms with E-state index in [-0.39, 0.29) is 11.9 Å². The van der Waals surface area contributed by atoms with Gasteiger partial charge in [0.05, 0.1) is 0 Å². The summed E-state index contributed by atoms with van der Waals surface area (Å²) in [5.74, 6) is -1.42. The first kappa shape index (κ1) is 18.3. The Labute approximate surface area is 131 Å². The van der Waals surface area contributed by atoms with E-state index in [1.807, 2.05) is 6.92 Å². The standard InChI is InChI=1S/C15H27N3O4/c1-3-5-8-11(12(19)20)17-13(21)15(9-6-7-10-15)18-14(22)16-4-2/h11H,3-10H2,1-2H3,(H,17,21)(H,19,20)(H2,16,18,22). The Bertz CT molecular complexity index is 406. The number of amides is 3. The van der Waals surface area contributed by atoms with E-state index in [4.69, 9.17) is 0 Å². The molecule has 0 spiro atoms. The number of hydrogen-bond donors (Lipinski definition) is 4. The van der Waals surface area contributed by atoms with Gasteiger partial charge in [0, 0.05) is 6.54 Å². The van der Waals surface area contributed by atoms with Crippen molar-refractivity contribution in [1.29, 1.82) is 0 Å². The van der Waals surface area contributed by atoms with E-state index in [0.717, 1.165) is 25.7 Å². The third kappa shape index (κ3) is 4.89. The molecule has 22 heavy (non-hydrogen) atoms. The van der Waals surface area contributed by atoms with Gasteiger partial charge in [-0.05, 0) is 26.2 Å². The van der Waals surface area contributed by atoms with Gasteiger partial charge in [0.2, 0.25) is 5.91 Å². The van der Waals surface area contributed by atoms with Gasteiger partial charge in [0.1, 0.15) is 11.6 Å². The van der Waals surface area contributed by atoms with E-state index in [2.05, 4.69) is 16.0 Å². The lowest BCUT2D eigenvalue weighted by atomic mass is 9.95. The van der Waals surface area contributed by atoms with E-state index in [9.17, 15) is 19.5 Å². The zero-order valence-electron chi connectivity index (χ0n) is 13.4. The Kier molecular flexibility index (Phi) is 7.14. The van der Waals surface area contributed by atoms with Crippen molar-refractivity contribution in [3.05, 3.63) is 0 Å². The van der Waals surface area contributed by atoms with Crippen LogP contribution in [0.5, 0.6) is 0 Å². The second-order valence-electron chi connectivity index (χ2n) is 5.78. The van der Waals surface area contributed by atoms with Crippen LogP contribution in [0.25, 0.3) is 0 Å². The van der Waals surface area contributed by atoms with Gasteiger partial charge in [-0.15, -0.1) is 0 Å². The number of carbonyl (C=O) groups excluding carboxylic acids is 2. The van der Waals surface area contributed by atoms with Crippen LogP contribution in [0.1, 0.15) is 58.8 Å². The highest BCUT2D eigenvalue weighted by molar-refractivity contribution is 5.93. The summed E-state index contributed by atoms with van der Waals surface area (Å²) in [5, 5.41) is 17.2. The normalized spacial score (nSPS) is 17.5. The summed E-state index contributed by atoms with van der Waals surface area (Å²) < 4.78 is 0. The molecule has 1 aliphatic rings. The molecular formula is C15H27N3O4. The molecule has 1 aliphatic carbocycles. The molecule has 0 saturated heterocycles. The number of hydrogen-bond acceptors (Lipinski definition) is 3. The second kappa shape index (κ2) is 8.60. The van der Waals surface area contributed by atoms with Gasteiger partial charge >= 0.3 is 12.0 Å². The highest BCUT2D eigenvalue weighted by Crippen LogP contribution is 2.30. The maximum absolute atomic E-state index is 12.6.